The third kappa shape index (κ3) is 1.95. The van der Waals surface area contributed by atoms with E-state index in [1.165, 1.54) is 6.07 Å². The van der Waals surface area contributed by atoms with E-state index in [1.54, 1.807) is 0 Å². The maximum Gasteiger partial charge on any atom is 0.298 e. The molecule has 2 aromatic rings. The van der Waals surface area contributed by atoms with Gasteiger partial charge in [0.2, 0.25) is 0 Å². The summed E-state index contributed by atoms with van der Waals surface area (Å²) in [6.07, 6.45) is 0. The summed E-state index contributed by atoms with van der Waals surface area (Å²) in [5.41, 5.74) is 0.0309. The zero-order valence-corrected chi connectivity index (χ0v) is 9.76. The molecule has 0 atom stereocenters. The minimum atomic E-state index is -4.06. The molecule has 0 fully saturated rings. The first-order valence-electron chi connectivity index (χ1n) is 3.84. The molecule has 86 valence electrons. The van der Waals surface area contributed by atoms with Gasteiger partial charge in [-0.2, -0.15) is 9.50 Å². The van der Waals surface area contributed by atoms with Crippen LogP contribution >= 0.6 is 22.3 Å². The van der Waals surface area contributed by atoms with Crippen LogP contribution in [0.4, 0.5) is 4.39 Å². The van der Waals surface area contributed by atoms with Crippen molar-refractivity contribution >= 4 is 37.1 Å². The fraction of sp³-hybridized carbons (Fsp3) is 0.167. The molecule has 0 saturated carbocycles. The van der Waals surface area contributed by atoms with Crippen LogP contribution in [0.2, 0.25) is 5.15 Å². The fourth-order valence-electron chi connectivity index (χ4n) is 1.03. The van der Waals surface area contributed by atoms with Crippen LogP contribution in [0.15, 0.2) is 11.2 Å². The Hall–Kier alpha value is -0.990. The fourth-order valence-corrected chi connectivity index (χ4v) is 1.84. The lowest BCUT2D eigenvalue weighted by Crippen LogP contribution is -1.97. The summed E-state index contributed by atoms with van der Waals surface area (Å²) < 4.78 is 35.2. The van der Waals surface area contributed by atoms with Gasteiger partial charge in [-0.3, -0.25) is 0 Å². The van der Waals surface area contributed by atoms with Crippen LogP contribution < -0.4 is 0 Å². The minimum absolute atomic E-state index is 0.00304. The third-order valence-electron chi connectivity index (χ3n) is 1.66. The molecule has 2 rings (SSSR count). The predicted molar refractivity (Wildman–Crippen MR) is 53.6 cm³/mol. The van der Waals surface area contributed by atoms with Crippen molar-refractivity contribution in [3.63, 3.8) is 0 Å². The molecule has 0 unspecified atom stereocenters. The Morgan fingerprint density at radius 1 is 1.44 bits per heavy atom. The molecule has 2 heterocycles. The molecule has 0 spiro atoms. The number of hydrogen-bond acceptors (Lipinski definition) is 5. The first kappa shape index (κ1) is 11.5. The van der Waals surface area contributed by atoms with Gasteiger partial charge in [-0.05, 0) is 6.07 Å². The van der Waals surface area contributed by atoms with Gasteiger partial charge in [-0.25, -0.2) is 17.8 Å². The number of halogens is 3. The van der Waals surface area contributed by atoms with Gasteiger partial charge in [0.15, 0.2) is 0 Å². The lowest BCUT2D eigenvalue weighted by molar-refractivity contribution is 0.476. The molecule has 0 N–H and O–H groups in total. The van der Waals surface area contributed by atoms with Crippen LogP contribution in [0.25, 0.3) is 5.78 Å². The maximum atomic E-state index is 12.4. The highest BCUT2D eigenvalue weighted by molar-refractivity contribution is 8.13. The third-order valence-corrected chi connectivity index (χ3v) is 2.95. The second-order valence-electron chi connectivity index (χ2n) is 2.75. The van der Waals surface area contributed by atoms with E-state index in [1.807, 2.05) is 0 Å². The summed E-state index contributed by atoms with van der Waals surface area (Å²) >= 11 is 5.72. The maximum absolute atomic E-state index is 12.4. The van der Waals surface area contributed by atoms with Crippen LogP contribution in [0.3, 0.4) is 0 Å². The first-order chi connectivity index (χ1) is 7.41. The van der Waals surface area contributed by atoms with Crippen LogP contribution in [0, 0.1) is 0 Å². The van der Waals surface area contributed by atoms with Gasteiger partial charge in [-0.15, -0.1) is 5.10 Å². The Morgan fingerprint density at radius 2 is 2.12 bits per heavy atom. The van der Waals surface area contributed by atoms with Gasteiger partial charge in [-0.1, -0.05) is 11.6 Å². The largest absolute Gasteiger partial charge is 0.298 e. The Labute approximate surface area is 98.4 Å². The normalized spacial score (nSPS) is 12.2. The molecule has 0 aromatic carbocycles. The van der Waals surface area contributed by atoms with Gasteiger partial charge >= 0.3 is 0 Å². The Morgan fingerprint density at radius 3 is 2.69 bits per heavy atom. The molecular formula is C6H3Cl2FN4O2S. The average molecular weight is 285 g/mol. The van der Waals surface area contributed by atoms with Crippen molar-refractivity contribution in [1.82, 2.24) is 19.6 Å². The van der Waals surface area contributed by atoms with Crippen LogP contribution in [-0.4, -0.2) is 28.0 Å². The van der Waals surface area contributed by atoms with E-state index in [4.69, 9.17) is 22.3 Å². The number of nitrogens with zero attached hydrogens (tertiary/aromatic N) is 4. The van der Waals surface area contributed by atoms with Crippen molar-refractivity contribution in [3.8, 4) is 0 Å². The molecule has 10 heteroatoms. The lowest BCUT2D eigenvalue weighted by atomic mass is 10.4. The van der Waals surface area contributed by atoms with E-state index >= 15 is 0 Å². The second-order valence-corrected chi connectivity index (χ2v) is 5.59. The molecule has 16 heavy (non-hydrogen) atoms. The number of rotatable bonds is 2. The highest BCUT2D eigenvalue weighted by atomic mass is 35.7. The minimum Gasteiger partial charge on any atom is -0.244 e. The highest BCUT2D eigenvalue weighted by Crippen LogP contribution is 2.16. The van der Waals surface area contributed by atoms with Crippen molar-refractivity contribution in [2.45, 2.75) is 11.8 Å². The molecule has 0 aliphatic heterocycles. The number of hydrogen-bond donors (Lipinski definition) is 0. The molecule has 0 saturated heterocycles. The smallest absolute Gasteiger partial charge is 0.244 e. The van der Waals surface area contributed by atoms with E-state index in [-0.39, 0.29) is 16.6 Å². The average Bonchev–Trinajstić information content (AvgIpc) is 2.61. The van der Waals surface area contributed by atoms with Crippen LogP contribution in [0.5, 0.6) is 0 Å². The topological polar surface area (TPSA) is 77.2 Å². The van der Waals surface area contributed by atoms with E-state index in [9.17, 15) is 12.8 Å². The molecule has 0 aliphatic rings. The molecule has 0 amide bonds. The standard InChI is InChI=1S/C6H3Cl2FN4O2S/c7-4-1-3(2-9)10-5-11-6(12-13(4)5)16(8,14)15/h1H,2H2. The Balaban J connectivity index is 2.76. The van der Waals surface area contributed by atoms with E-state index in [2.05, 4.69) is 15.1 Å². The molecule has 6 nitrogen and oxygen atoms in total. The first-order valence-corrected chi connectivity index (χ1v) is 6.53. The van der Waals surface area contributed by atoms with Gasteiger partial charge in [0.1, 0.15) is 11.8 Å². The van der Waals surface area contributed by atoms with Crippen molar-refractivity contribution < 1.29 is 12.8 Å². The van der Waals surface area contributed by atoms with Crippen molar-refractivity contribution in [2.24, 2.45) is 0 Å². The van der Waals surface area contributed by atoms with Crippen molar-refractivity contribution in [1.29, 1.82) is 0 Å². The summed E-state index contributed by atoms with van der Waals surface area (Å²) in [7, 11) is 0.981. The molecule has 0 aliphatic carbocycles. The number of aromatic nitrogens is 4. The van der Waals surface area contributed by atoms with E-state index in [0.717, 1.165) is 4.52 Å². The van der Waals surface area contributed by atoms with Gasteiger partial charge in [0.25, 0.3) is 20.0 Å². The monoisotopic (exact) mass is 284 g/mol. The Bertz CT molecular complexity index is 656. The number of fused-ring (bicyclic) bond motifs is 1. The van der Waals surface area contributed by atoms with Gasteiger partial charge in [0, 0.05) is 10.7 Å². The lowest BCUT2D eigenvalue weighted by Gasteiger charge is -1.96. The van der Waals surface area contributed by atoms with E-state index in [0.29, 0.717) is 0 Å². The number of alkyl halides is 1. The Kier molecular flexibility index (Phi) is 2.72. The summed E-state index contributed by atoms with van der Waals surface area (Å²) in [5, 5.41) is 2.90. The van der Waals surface area contributed by atoms with Gasteiger partial charge in [0.05, 0.1) is 5.69 Å². The molecule has 2 aromatic heterocycles. The predicted octanol–water partition coefficient (Wildman–Crippen LogP) is 1.17. The summed E-state index contributed by atoms with van der Waals surface area (Å²) in [4.78, 5) is 7.22. The highest BCUT2D eigenvalue weighted by Gasteiger charge is 2.19. The van der Waals surface area contributed by atoms with Crippen molar-refractivity contribution in [3.05, 3.63) is 16.9 Å². The molecular weight excluding hydrogens is 282 g/mol. The van der Waals surface area contributed by atoms with Gasteiger partial charge < -0.3 is 0 Å². The summed E-state index contributed by atoms with van der Waals surface area (Å²) in [6, 6.07) is 1.22. The zero-order valence-electron chi connectivity index (χ0n) is 7.43. The van der Waals surface area contributed by atoms with Crippen LogP contribution in [0.1, 0.15) is 5.69 Å². The summed E-state index contributed by atoms with van der Waals surface area (Å²) in [6.45, 7) is -0.841. The quantitative estimate of drug-likeness (QED) is 0.611. The molecule has 0 radical (unpaired) electrons. The van der Waals surface area contributed by atoms with Crippen LogP contribution in [-0.2, 0) is 15.7 Å². The molecule has 0 bridgehead atoms. The van der Waals surface area contributed by atoms with Crippen molar-refractivity contribution in [2.75, 3.05) is 0 Å². The second kappa shape index (κ2) is 3.79. The zero-order chi connectivity index (χ0) is 11.9. The van der Waals surface area contributed by atoms with E-state index < -0.39 is 20.9 Å². The SMILES string of the molecule is O=S(=O)(Cl)c1nc2nc(CF)cc(Cl)n2n1. The summed E-state index contributed by atoms with van der Waals surface area (Å²) in [5.74, 6) is -0.126.